The second-order valence-corrected chi connectivity index (χ2v) is 10.3. The molecule has 2 saturated heterocycles. The van der Waals surface area contributed by atoms with Gasteiger partial charge in [-0.25, -0.2) is 0 Å². The lowest BCUT2D eigenvalue weighted by molar-refractivity contribution is -0.358. The highest BCUT2D eigenvalue weighted by atomic mass is 16.8. The number of aromatic hydroxyl groups is 4. The lowest BCUT2D eigenvalue weighted by Gasteiger charge is -2.45. The highest BCUT2D eigenvalue weighted by Crippen LogP contribution is 2.40. The van der Waals surface area contributed by atoms with Crippen molar-refractivity contribution in [1.29, 1.82) is 0 Å². The number of ether oxygens (including phenoxy) is 4. The zero-order valence-corrected chi connectivity index (χ0v) is 22.4. The Hall–Kier alpha value is -3.75. The zero-order chi connectivity index (χ0) is 32.0. The Morgan fingerprint density at radius 1 is 0.705 bits per heavy atom. The van der Waals surface area contributed by atoms with Crippen LogP contribution in [0.25, 0.3) is 22.3 Å². The molecule has 1 aromatic heterocycles. The predicted octanol–water partition coefficient (Wildman–Crippen LogP) is -2.71. The van der Waals surface area contributed by atoms with E-state index in [9.17, 15) is 61.0 Å². The van der Waals surface area contributed by atoms with Gasteiger partial charge in [0.15, 0.2) is 29.7 Å². The minimum absolute atomic E-state index is 0.0707. The molecule has 10 atom stereocenters. The fraction of sp³-hybridized carbons (Fsp3) is 0.444. The molecule has 0 radical (unpaired) electrons. The normalized spacial score (nSPS) is 32.5. The largest absolute Gasteiger partial charge is 0.508 e. The molecule has 0 bridgehead atoms. The average Bonchev–Trinajstić information content (AvgIpc) is 2.98. The molecule has 2 fully saturated rings. The minimum Gasteiger partial charge on any atom is -0.508 e. The molecule has 3 heterocycles. The van der Waals surface area contributed by atoms with E-state index in [2.05, 4.69) is 0 Å². The van der Waals surface area contributed by atoms with Crippen LogP contribution in [0.2, 0.25) is 0 Å². The first kappa shape index (κ1) is 31.7. The number of hydrogen-bond acceptors (Lipinski definition) is 17. The van der Waals surface area contributed by atoms with E-state index in [0.717, 1.165) is 24.3 Å². The molecule has 3 aromatic rings. The topological polar surface area (TPSA) is 290 Å². The Morgan fingerprint density at radius 3 is 1.98 bits per heavy atom. The number of hydrogen-bond donors (Lipinski definition) is 11. The molecule has 5 rings (SSSR count). The van der Waals surface area contributed by atoms with Crippen molar-refractivity contribution in [1.82, 2.24) is 0 Å². The number of phenols is 4. The van der Waals surface area contributed by atoms with Gasteiger partial charge in [-0.05, 0) is 18.2 Å². The van der Waals surface area contributed by atoms with Crippen molar-refractivity contribution in [3.8, 4) is 40.1 Å². The maximum absolute atomic E-state index is 13.7. The van der Waals surface area contributed by atoms with Crippen LogP contribution < -0.4 is 10.2 Å². The van der Waals surface area contributed by atoms with E-state index in [-0.39, 0.29) is 11.1 Å². The number of rotatable bonds is 7. The Morgan fingerprint density at radius 2 is 1.34 bits per heavy atom. The van der Waals surface area contributed by atoms with Gasteiger partial charge in [0.2, 0.25) is 17.5 Å². The number of aliphatic hydroxyl groups is 7. The van der Waals surface area contributed by atoms with Gasteiger partial charge < -0.3 is 79.5 Å². The van der Waals surface area contributed by atoms with Gasteiger partial charge >= 0.3 is 0 Å². The summed E-state index contributed by atoms with van der Waals surface area (Å²) in [6.07, 6.45) is -18.0. The van der Waals surface area contributed by atoms with Gasteiger partial charge in [0.05, 0.1) is 13.2 Å². The van der Waals surface area contributed by atoms with Crippen LogP contribution in [0.1, 0.15) is 0 Å². The van der Waals surface area contributed by atoms with Crippen LogP contribution in [-0.2, 0) is 14.2 Å². The highest BCUT2D eigenvalue weighted by Gasteiger charge is 2.51. The predicted molar refractivity (Wildman–Crippen MR) is 142 cm³/mol. The van der Waals surface area contributed by atoms with Crippen molar-refractivity contribution in [3.63, 3.8) is 0 Å². The first-order valence-electron chi connectivity index (χ1n) is 13.2. The van der Waals surface area contributed by atoms with Gasteiger partial charge in [0, 0.05) is 17.7 Å². The van der Waals surface area contributed by atoms with Gasteiger partial charge in [-0.3, -0.25) is 4.79 Å². The fourth-order valence-corrected chi connectivity index (χ4v) is 4.98. The minimum atomic E-state index is -1.97. The summed E-state index contributed by atoms with van der Waals surface area (Å²) < 4.78 is 28.1. The molecule has 5 unspecified atom stereocenters. The Balaban J connectivity index is 1.61. The maximum atomic E-state index is 13.7. The number of benzene rings is 2. The van der Waals surface area contributed by atoms with Crippen molar-refractivity contribution in [3.05, 3.63) is 40.6 Å². The molecule has 0 spiro atoms. The van der Waals surface area contributed by atoms with E-state index in [1.54, 1.807) is 0 Å². The standard InChI is InChI=1S/C27H30O17/c28-6-14-17(34)20(37)22(39)26(41-14)44-25-21(38)18(35)15(7-29)42-27(25)43-24-19(36)16-12(33)4-9(30)5-13(16)40-23(24)8-1-2-10(31)11(32)3-8/h1-5,14-15,17-18,20-22,25-35,37-39H,6-7H2/t14?,15?,17-,18+,20?,21?,22+,25?,26-,27-/m0/s1. The molecule has 17 heteroatoms. The van der Waals surface area contributed by atoms with Gasteiger partial charge in [-0.1, -0.05) is 0 Å². The molecule has 44 heavy (non-hydrogen) atoms. The molecule has 2 aromatic carbocycles. The molecule has 2 aliphatic rings. The van der Waals surface area contributed by atoms with Gasteiger partial charge in [0.1, 0.15) is 65.2 Å². The SMILES string of the molecule is O=c1c(O[C@@H]2OC(CO)[C@@H](O)C(O)C2O[C@@H]2OC(CO)[C@H](O)C(O)[C@H]2O)c(-c2ccc(O)c(O)c2)oc2cc(O)cc(O)c12. The number of aliphatic hydroxyl groups excluding tert-OH is 7. The van der Waals surface area contributed by atoms with Crippen molar-refractivity contribution in [2.45, 2.75) is 61.4 Å². The molecule has 2 aliphatic heterocycles. The second-order valence-electron chi connectivity index (χ2n) is 10.3. The van der Waals surface area contributed by atoms with E-state index in [4.69, 9.17) is 23.4 Å². The van der Waals surface area contributed by atoms with E-state index in [1.165, 1.54) is 6.07 Å². The second kappa shape index (κ2) is 12.3. The van der Waals surface area contributed by atoms with E-state index < -0.39 is 120 Å². The Labute approximate surface area is 246 Å². The quantitative estimate of drug-likeness (QED) is 0.119. The van der Waals surface area contributed by atoms with Crippen molar-refractivity contribution in [2.24, 2.45) is 0 Å². The molecule has 0 saturated carbocycles. The van der Waals surface area contributed by atoms with Gasteiger partial charge in [0.25, 0.3) is 0 Å². The molecular weight excluding hydrogens is 596 g/mol. The maximum Gasteiger partial charge on any atom is 0.239 e. The van der Waals surface area contributed by atoms with Crippen LogP contribution in [0.15, 0.2) is 39.5 Å². The van der Waals surface area contributed by atoms with Crippen molar-refractivity contribution < 1.29 is 79.5 Å². The smallest absolute Gasteiger partial charge is 0.239 e. The van der Waals surface area contributed by atoms with Gasteiger partial charge in [-0.15, -0.1) is 0 Å². The monoisotopic (exact) mass is 626 g/mol. The lowest BCUT2D eigenvalue weighted by Crippen LogP contribution is -2.65. The Kier molecular flexibility index (Phi) is 8.87. The number of fused-ring (bicyclic) bond motifs is 1. The molecule has 0 amide bonds. The summed E-state index contributed by atoms with van der Waals surface area (Å²) in [5.41, 5.74) is -1.47. The Bertz CT molecular complexity index is 1560. The molecule has 11 N–H and O–H groups in total. The fourth-order valence-electron chi connectivity index (χ4n) is 4.98. The van der Waals surface area contributed by atoms with E-state index >= 15 is 0 Å². The summed E-state index contributed by atoms with van der Waals surface area (Å²) in [5.74, 6) is -3.54. The lowest BCUT2D eigenvalue weighted by atomic mass is 9.97. The van der Waals surface area contributed by atoms with Crippen LogP contribution in [-0.4, -0.2) is 131 Å². The third-order valence-corrected chi connectivity index (χ3v) is 7.35. The van der Waals surface area contributed by atoms with Crippen molar-refractivity contribution in [2.75, 3.05) is 13.2 Å². The summed E-state index contributed by atoms with van der Waals surface area (Å²) in [4.78, 5) is 13.7. The van der Waals surface area contributed by atoms with Crippen molar-refractivity contribution >= 4 is 11.0 Å². The molecular formula is C27H30O17. The zero-order valence-electron chi connectivity index (χ0n) is 22.4. The van der Waals surface area contributed by atoms with Gasteiger partial charge in [-0.2, -0.15) is 0 Å². The molecule has 0 aliphatic carbocycles. The van der Waals surface area contributed by atoms with Crippen LogP contribution in [0.5, 0.6) is 28.7 Å². The summed E-state index contributed by atoms with van der Waals surface area (Å²) in [7, 11) is 0. The first-order chi connectivity index (χ1) is 20.9. The molecule has 17 nitrogen and oxygen atoms in total. The third-order valence-electron chi connectivity index (χ3n) is 7.35. The van der Waals surface area contributed by atoms with Crippen LogP contribution in [0.3, 0.4) is 0 Å². The molecule has 240 valence electrons. The van der Waals surface area contributed by atoms with Crippen LogP contribution in [0, 0.1) is 0 Å². The van der Waals surface area contributed by atoms with E-state index in [0.29, 0.717) is 0 Å². The summed E-state index contributed by atoms with van der Waals surface area (Å²) in [6, 6.07) is 5.12. The summed E-state index contributed by atoms with van der Waals surface area (Å²) in [5, 5.41) is 111. The highest BCUT2D eigenvalue weighted by molar-refractivity contribution is 5.88. The summed E-state index contributed by atoms with van der Waals surface area (Å²) >= 11 is 0. The third kappa shape index (κ3) is 5.61. The van der Waals surface area contributed by atoms with Crippen LogP contribution in [0.4, 0.5) is 0 Å². The van der Waals surface area contributed by atoms with Crippen LogP contribution >= 0.6 is 0 Å². The van der Waals surface area contributed by atoms with E-state index in [1.807, 2.05) is 0 Å². The first-order valence-corrected chi connectivity index (χ1v) is 13.2. The average molecular weight is 627 g/mol. The summed E-state index contributed by atoms with van der Waals surface area (Å²) in [6.45, 7) is -1.68. The number of phenolic OH excluding ortho intramolecular Hbond substituents is 4.